The van der Waals surface area contributed by atoms with Gasteiger partial charge in [-0.3, -0.25) is 0 Å². The smallest absolute Gasteiger partial charge is 0.177 e. The van der Waals surface area contributed by atoms with Gasteiger partial charge in [-0.25, -0.2) is 0 Å². The van der Waals surface area contributed by atoms with E-state index in [1.807, 2.05) is 0 Å². The fourth-order valence-corrected chi connectivity index (χ4v) is 0.254. The van der Waals surface area contributed by atoms with E-state index in [-0.39, 0.29) is 13.2 Å². The first kappa shape index (κ1) is 14.8. The number of ether oxygens (including phenoxy) is 1. The molecular weight excluding hydrogens is 176 g/mol. The second-order valence-corrected chi connectivity index (χ2v) is 1.84. The van der Waals surface area contributed by atoms with E-state index in [4.69, 9.17) is 20.4 Å². The molecule has 5 nitrogen and oxygen atoms in total. The van der Waals surface area contributed by atoms with Gasteiger partial charge < -0.3 is 25.2 Å². The number of hydrogen-bond donors (Lipinski definition) is 4. The fourth-order valence-electron chi connectivity index (χ4n) is 0.254. The van der Waals surface area contributed by atoms with Gasteiger partial charge >= 0.3 is 0 Å². The zero-order valence-corrected chi connectivity index (χ0v) is 7.33. The SMILES string of the molecule is C=CC(O)OC(O)C=C.OCCO. The van der Waals surface area contributed by atoms with Crippen LogP contribution in [0.25, 0.3) is 0 Å². The Morgan fingerprint density at radius 2 is 1.31 bits per heavy atom. The van der Waals surface area contributed by atoms with Gasteiger partial charge in [0.1, 0.15) is 0 Å². The summed E-state index contributed by atoms with van der Waals surface area (Å²) < 4.78 is 4.42. The van der Waals surface area contributed by atoms with Gasteiger partial charge in [0.2, 0.25) is 0 Å². The monoisotopic (exact) mass is 192 g/mol. The largest absolute Gasteiger partial charge is 0.394 e. The highest BCUT2D eigenvalue weighted by Gasteiger charge is 2.01. The quantitative estimate of drug-likeness (QED) is 0.331. The molecule has 0 aromatic carbocycles. The molecule has 0 saturated carbocycles. The molecule has 0 bridgehead atoms. The van der Waals surface area contributed by atoms with Gasteiger partial charge in [-0.05, 0) is 12.2 Å². The van der Waals surface area contributed by atoms with Crippen molar-refractivity contribution in [2.45, 2.75) is 12.6 Å². The minimum Gasteiger partial charge on any atom is -0.394 e. The zero-order valence-electron chi connectivity index (χ0n) is 7.33. The lowest BCUT2D eigenvalue weighted by Crippen LogP contribution is -2.17. The normalized spacial score (nSPS) is 13.5. The maximum absolute atomic E-state index is 8.61. The van der Waals surface area contributed by atoms with Crippen LogP contribution in [0, 0.1) is 0 Å². The van der Waals surface area contributed by atoms with Crippen molar-refractivity contribution >= 4 is 0 Å². The van der Waals surface area contributed by atoms with E-state index in [1.54, 1.807) is 0 Å². The number of rotatable bonds is 5. The summed E-state index contributed by atoms with van der Waals surface area (Å²) in [6.07, 6.45) is 0.0652. The molecule has 0 aromatic rings. The van der Waals surface area contributed by atoms with E-state index in [0.717, 1.165) is 12.2 Å². The molecule has 0 amide bonds. The predicted molar refractivity (Wildman–Crippen MR) is 47.7 cm³/mol. The summed E-state index contributed by atoms with van der Waals surface area (Å²) in [5.74, 6) is 0. The summed E-state index contributed by atoms with van der Waals surface area (Å²) in [7, 11) is 0. The van der Waals surface area contributed by atoms with Crippen LogP contribution in [0.15, 0.2) is 25.3 Å². The summed E-state index contributed by atoms with van der Waals surface area (Å²) in [4.78, 5) is 0. The summed E-state index contributed by atoms with van der Waals surface area (Å²) >= 11 is 0. The van der Waals surface area contributed by atoms with Crippen LogP contribution in [0.4, 0.5) is 0 Å². The van der Waals surface area contributed by atoms with Crippen molar-refractivity contribution in [3.63, 3.8) is 0 Å². The molecular formula is C8H16O5. The number of aliphatic hydroxyl groups excluding tert-OH is 4. The van der Waals surface area contributed by atoms with Crippen molar-refractivity contribution in [3.8, 4) is 0 Å². The van der Waals surface area contributed by atoms with Crippen molar-refractivity contribution in [1.29, 1.82) is 0 Å². The van der Waals surface area contributed by atoms with Crippen LogP contribution >= 0.6 is 0 Å². The molecule has 2 atom stereocenters. The Morgan fingerprint density at radius 3 is 1.46 bits per heavy atom. The second kappa shape index (κ2) is 11.3. The first-order valence-corrected chi connectivity index (χ1v) is 3.60. The average Bonchev–Trinajstić information content (AvgIpc) is 2.17. The van der Waals surface area contributed by atoms with Crippen LogP contribution in [-0.4, -0.2) is 46.2 Å². The van der Waals surface area contributed by atoms with Gasteiger partial charge in [0.05, 0.1) is 13.2 Å². The molecule has 0 aliphatic rings. The van der Waals surface area contributed by atoms with Crippen molar-refractivity contribution < 1.29 is 25.2 Å². The van der Waals surface area contributed by atoms with Crippen LogP contribution in [-0.2, 0) is 4.74 Å². The maximum Gasteiger partial charge on any atom is 0.177 e. The third-order valence-corrected chi connectivity index (χ3v) is 0.782. The van der Waals surface area contributed by atoms with Crippen molar-refractivity contribution in [2.24, 2.45) is 0 Å². The summed E-state index contributed by atoms with van der Waals surface area (Å²) in [5.41, 5.74) is 0. The lowest BCUT2D eigenvalue weighted by atomic mass is 10.6. The van der Waals surface area contributed by atoms with E-state index in [1.165, 1.54) is 0 Å². The molecule has 0 rings (SSSR count). The molecule has 78 valence electrons. The molecule has 2 unspecified atom stereocenters. The Bertz CT molecular complexity index is 112. The molecule has 0 fully saturated rings. The van der Waals surface area contributed by atoms with Gasteiger partial charge in [-0.2, -0.15) is 0 Å². The van der Waals surface area contributed by atoms with Crippen molar-refractivity contribution in [3.05, 3.63) is 25.3 Å². The number of hydrogen-bond acceptors (Lipinski definition) is 5. The Balaban J connectivity index is 0. The molecule has 5 heteroatoms. The maximum atomic E-state index is 8.61. The van der Waals surface area contributed by atoms with Gasteiger partial charge in [-0.1, -0.05) is 13.2 Å². The minimum absolute atomic E-state index is 0.125. The fraction of sp³-hybridized carbons (Fsp3) is 0.500. The van der Waals surface area contributed by atoms with E-state index < -0.39 is 12.6 Å². The van der Waals surface area contributed by atoms with E-state index in [0.29, 0.717) is 0 Å². The molecule has 0 heterocycles. The zero-order chi connectivity index (χ0) is 10.7. The summed E-state index contributed by atoms with van der Waals surface area (Å²) in [5, 5.41) is 32.5. The minimum atomic E-state index is -1.13. The van der Waals surface area contributed by atoms with Gasteiger partial charge in [0, 0.05) is 0 Å². The van der Waals surface area contributed by atoms with Crippen molar-refractivity contribution in [2.75, 3.05) is 13.2 Å². The standard InChI is InChI=1S/C6H10O3.C2H6O2/c1-3-5(7)9-6(8)4-2;3-1-2-4/h3-8H,1-2H2;3-4H,1-2H2. The van der Waals surface area contributed by atoms with Crippen LogP contribution in [0.1, 0.15) is 0 Å². The molecule has 0 aromatic heterocycles. The topological polar surface area (TPSA) is 90.2 Å². The highest BCUT2D eigenvalue weighted by atomic mass is 16.7. The third kappa shape index (κ3) is 14.2. The molecule has 0 aliphatic heterocycles. The highest BCUT2D eigenvalue weighted by Crippen LogP contribution is 1.93. The van der Waals surface area contributed by atoms with Gasteiger partial charge in [0.25, 0.3) is 0 Å². The Labute approximate surface area is 77.2 Å². The van der Waals surface area contributed by atoms with Gasteiger partial charge in [-0.15, -0.1) is 0 Å². The van der Waals surface area contributed by atoms with E-state index >= 15 is 0 Å². The van der Waals surface area contributed by atoms with E-state index in [2.05, 4.69) is 17.9 Å². The van der Waals surface area contributed by atoms with E-state index in [9.17, 15) is 0 Å². The lowest BCUT2D eigenvalue weighted by molar-refractivity contribution is -0.163. The summed E-state index contributed by atoms with van der Waals surface area (Å²) in [6.45, 7) is 6.21. The predicted octanol–water partition coefficient (Wildman–Crippen LogP) is -1.02. The molecule has 0 saturated heterocycles. The van der Waals surface area contributed by atoms with Crippen LogP contribution < -0.4 is 0 Å². The highest BCUT2D eigenvalue weighted by molar-refractivity contribution is 4.75. The second-order valence-electron chi connectivity index (χ2n) is 1.84. The molecule has 13 heavy (non-hydrogen) atoms. The van der Waals surface area contributed by atoms with Gasteiger partial charge in [0.15, 0.2) is 12.6 Å². The van der Waals surface area contributed by atoms with Crippen LogP contribution in [0.2, 0.25) is 0 Å². The first-order valence-electron chi connectivity index (χ1n) is 3.60. The molecule has 0 spiro atoms. The first-order chi connectivity index (χ1) is 6.12. The van der Waals surface area contributed by atoms with Crippen molar-refractivity contribution in [1.82, 2.24) is 0 Å². The Kier molecular flexibility index (Phi) is 12.8. The Hall–Kier alpha value is -0.720. The molecule has 4 N–H and O–H groups in total. The number of aliphatic hydroxyl groups is 4. The van der Waals surface area contributed by atoms with Crippen LogP contribution in [0.5, 0.6) is 0 Å². The van der Waals surface area contributed by atoms with Crippen LogP contribution in [0.3, 0.4) is 0 Å². The molecule has 0 radical (unpaired) electrons. The third-order valence-electron chi connectivity index (χ3n) is 0.782. The summed E-state index contributed by atoms with van der Waals surface area (Å²) in [6, 6.07) is 0. The Morgan fingerprint density at radius 1 is 1.00 bits per heavy atom. The molecule has 0 aliphatic carbocycles. The lowest BCUT2D eigenvalue weighted by Gasteiger charge is -2.09. The average molecular weight is 192 g/mol.